The molecule has 0 bridgehead atoms. The Labute approximate surface area is 153 Å². The van der Waals surface area contributed by atoms with E-state index in [1.807, 2.05) is 0 Å². The number of allylic oxidation sites excluding steroid dienone is 1. The second-order valence-corrected chi connectivity index (χ2v) is 6.04. The number of aliphatic hydroxyl groups is 1. The monoisotopic (exact) mass is 380 g/mol. The first-order valence-electron chi connectivity index (χ1n) is 6.70. The number of halogens is 3. The van der Waals surface area contributed by atoms with E-state index in [0.29, 0.717) is 26.9 Å². The lowest BCUT2D eigenvalue weighted by atomic mass is 10.0. The van der Waals surface area contributed by atoms with Crippen LogP contribution in [0.1, 0.15) is 6.92 Å². The fourth-order valence-electron chi connectivity index (χ4n) is 2.03. The van der Waals surface area contributed by atoms with Gasteiger partial charge in [0.15, 0.2) is 5.57 Å². The molecule has 0 saturated heterocycles. The zero-order chi connectivity index (χ0) is 17.9. The second kappa shape index (κ2) is 7.59. The minimum atomic E-state index is -0.747. The highest BCUT2D eigenvalue weighted by atomic mass is 35.5. The average Bonchev–Trinajstić information content (AvgIpc) is 2.50. The zero-order valence-corrected chi connectivity index (χ0v) is 14.7. The van der Waals surface area contributed by atoms with Gasteiger partial charge in [0.2, 0.25) is 0 Å². The molecule has 2 aromatic rings. The summed E-state index contributed by atoms with van der Waals surface area (Å²) < 4.78 is 0. The maximum Gasteiger partial charge on any atom is 0.269 e. The fraction of sp³-hybridized carbons (Fsp3) is 0.0588. The molecule has 122 valence electrons. The summed E-state index contributed by atoms with van der Waals surface area (Å²) >= 11 is 18.5. The molecule has 0 aliphatic carbocycles. The molecule has 2 aromatic carbocycles. The molecule has 0 atom stereocenters. The van der Waals surface area contributed by atoms with Gasteiger partial charge in [-0.1, -0.05) is 46.9 Å². The van der Waals surface area contributed by atoms with Gasteiger partial charge in [-0.3, -0.25) is 4.79 Å². The molecule has 0 aliphatic heterocycles. The summed E-state index contributed by atoms with van der Waals surface area (Å²) in [6.45, 7) is 1.25. The Hall–Kier alpha value is -2.19. The van der Waals surface area contributed by atoms with Crippen molar-refractivity contribution in [3.63, 3.8) is 0 Å². The molecule has 4 nitrogen and oxygen atoms in total. The lowest BCUT2D eigenvalue weighted by Crippen LogP contribution is -2.15. The third-order valence-corrected chi connectivity index (χ3v) is 4.11. The van der Waals surface area contributed by atoms with Gasteiger partial charge in [-0.15, -0.1) is 0 Å². The number of hydrogen-bond donors (Lipinski definition) is 2. The van der Waals surface area contributed by atoms with Gasteiger partial charge in [-0.2, -0.15) is 5.26 Å². The average molecular weight is 382 g/mol. The van der Waals surface area contributed by atoms with E-state index in [0.717, 1.165) is 0 Å². The first-order chi connectivity index (χ1) is 11.3. The maximum atomic E-state index is 11.9. The van der Waals surface area contributed by atoms with Gasteiger partial charge in [-0.05, 0) is 36.8 Å². The molecular formula is C17H11Cl3N2O2. The predicted molar refractivity (Wildman–Crippen MR) is 96.5 cm³/mol. The minimum absolute atomic E-state index is 0.240. The number of rotatable bonds is 3. The van der Waals surface area contributed by atoms with Crippen molar-refractivity contribution in [3.05, 3.63) is 62.8 Å². The molecule has 0 aromatic heterocycles. The Morgan fingerprint density at radius 2 is 1.75 bits per heavy atom. The van der Waals surface area contributed by atoms with Gasteiger partial charge in [-0.25, -0.2) is 0 Å². The quantitative estimate of drug-likeness (QED) is 0.412. The van der Waals surface area contributed by atoms with Gasteiger partial charge < -0.3 is 10.4 Å². The van der Waals surface area contributed by atoms with E-state index in [-0.39, 0.29) is 16.4 Å². The number of aliphatic hydroxyl groups excluding tert-OH is 1. The van der Waals surface area contributed by atoms with E-state index in [4.69, 9.17) is 40.1 Å². The lowest BCUT2D eigenvalue weighted by Gasteiger charge is -2.11. The Morgan fingerprint density at radius 1 is 1.12 bits per heavy atom. The maximum absolute atomic E-state index is 11.9. The van der Waals surface area contributed by atoms with Crippen LogP contribution in [0.3, 0.4) is 0 Å². The number of benzene rings is 2. The third kappa shape index (κ3) is 3.82. The van der Waals surface area contributed by atoms with Crippen molar-refractivity contribution in [2.45, 2.75) is 6.92 Å². The molecule has 0 spiro atoms. The molecule has 2 rings (SSSR count). The normalized spacial score (nSPS) is 11.5. The number of amides is 1. The van der Waals surface area contributed by atoms with E-state index < -0.39 is 5.91 Å². The van der Waals surface area contributed by atoms with Crippen LogP contribution in [0.25, 0.3) is 11.1 Å². The number of carbonyl (C=O) groups excluding carboxylic acids is 1. The van der Waals surface area contributed by atoms with Crippen LogP contribution in [0.15, 0.2) is 47.7 Å². The fourth-order valence-corrected chi connectivity index (χ4v) is 2.87. The van der Waals surface area contributed by atoms with Crippen LogP contribution in [0.2, 0.25) is 15.1 Å². The van der Waals surface area contributed by atoms with Crippen molar-refractivity contribution in [1.29, 1.82) is 5.26 Å². The Bertz CT molecular complexity index is 862. The molecule has 1 amide bonds. The first kappa shape index (κ1) is 18.2. The van der Waals surface area contributed by atoms with Crippen LogP contribution < -0.4 is 5.32 Å². The summed E-state index contributed by atoms with van der Waals surface area (Å²) in [5.74, 6) is -1.12. The second-order valence-electron chi connectivity index (χ2n) is 4.82. The van der Waals surface area contributed by atoms with Gasteiger partial charge in [0.05, 0.1) is 10.7 Å². The van der Waals surface area contributed by atoms with Crippen LogP contribution in [-0.4, -0.2) is 11.0 Å². The van der Waals surface area contributed by atoms with Gasteiger partial charge >= 0.3 is 0 Å². The molecule has 0 saturated carbocycles. The highest BCUT2D eigenvalue weighted by molar-refractivity contribution is 6.39. The molecule has 2 N–H and O–H groups in total. The lowest BCUT2D eigenvalue weighted by molar-refractivity contribution is -0.112. The summed E-state index contributed by atoms with van der Waals surface area (Å²) in [4.78, 5) is 11.9. The Kier molecular flexibility index (Phi) is 5.74. The van der Waals surface area contributed by atoms with E-state index in [1.54, 1.807) is 42.5 Å². The van der Waals surface area contributed by atoms with Crippen molar-refractivity contribution >= 4 is 46.4 Å². The summed E-state index contributed by atoms with van der Waals surface area (Å²) in [6, 6.07) is 11.6. The van der Waals surface area contributed by atoms with Crippen LogP contribution >= 0.6 is 34.8 Å². The largest absolute Gasteiger partial charge is 0.511 e. The number of hydrogen-bond acceptors (Lipinski definition) is 3. The third-order valence-electron chi connectivity index (χ3n) is 3.17. The van der Waals surface area contributed by atoms with E-state index in [9.17, 15) is 9.90 Å². The summed E-state index contributed by atoms with van der Waals surface area (Å²) in [5.41, 5.74) is 1.22. The number of nitrogens with one attached hydrogen (secondary N) is 1. The van der Waals surface area contributed by atoms with Gasteiger partial charge in [0.25, 0.3) is 5.91 Å². The standard InChI is InChI=1S/C17H11Cl3N2O2/c1-9(23)11(8-21)17(24)22-15-6-5-10(7-14(15)20)16-12(18)3-2-4-13(16)19/h2-7,23H,1H3,(H,22,24)/b11-9-. The number of carbonyl (C=O) groups is 1. The number of nitrogens with zero attached hydrogens (tertiary/aromatic N) is 1. The molecule has 0 heterocycles. The number of nitriles is 1. The Balaban J connectivity index is 2.37. The van der Waals surface area contributed by atoms with Crippen molar-refractivity contribution in [2.75, 3.05) is 5.32 Å². The zero-order valence-electron chi connectivity index (χ0n) is 12.4. The van der Waals surface area contributed by atoms with E-state index >= 15 is 0 Å². The van der Waals surface area contributed by atoms with Crippen molar-refractivity contribution < 1.29 is 9.90 Å². The molecule has 0 aliphatic rings. The van der Waals surface area contributed by atoms with Crippen LogP contribution in [0.4, 0.5) is 5.69 Å². The summed E-state index contributed by atoms with van der Waals surface area (Å²) in [7, 11) is 0. The van der Waals surface area contributed by atoms with Crippen LogP contribution in [0.5, 0.6) is 0 Å². The summed E-state index contributed by atoms with van der Waals surface area (Å²) in [5, 5.41) is 21.9. The topological polar surface area (TPSA) is 73.1 Å². The van der Waals surface area contributed by atoms with Crippen molar-refractivity contribution in [3.8, 4) is 17.2 Å². The van der Waals surface area contributed by atoms with Crippen molar-refractivity contribution in [2.24, 2.45) is 0 Å². The SMILES string of the molecule is C/C(O)=C(\C#N)C(=O)Nc1ccc(-c2c(Cl)cccc2Cl)cc1Cl. The highest BCUT2D eigenvalue weighted by Gasteiger charge is 2.15. The smallest absolute Gasteiger partial charge is 0.269 e. The van der Waals surface area contributed by atoms with E-state index in [1.165, 1.54) is 6.92 Å². The molecule has 7 heteroatoms. The van der Waals surface area contributed by atoms with Crippen LogP contribution in [0, 0.1) is 11.3 Å². The number of anilines is 1. The minimum Gasteiger partial charge on any atom is -0.511 e. The van der Waals surface area contributed by atoms with Crippen molar-refractivity contribution in [1.82, 2.24) is 0 Å². The molecule has 0 unspecified atom stereocenters. The molecule has 0 radical (unpaired) electrons. The molecule has 24 heavy (non-hydrogen) atoms. The highest BCUT2D eigenvalue weighted by Crippen LogP contribution is 2.37. The Morgan fingerprint density at radius 3 is 2.25 bits per heavy atom. The predicted octanol–water partition coefficient (Wildman–Crippen LogP) is 5.61. The molecular weight excluding hydrogens is 371 g/mol. The first-order valence-corrected chi connectivity index (χ1v) is 7.83. The van der Waals surface area contributed by atoms with E-state index in [2.05, 4.69) is 5.32 Å². The van der Waals surface area contributed by atoms with Gasteiger partial charge in [0, 0.05) is 15.6 Å². The summed E-state index contributed by atoms with van der Waals surface area (Å²) in [6.07, 6.45) is 0. The molecule has 0 fully saturated rings. The van der Waals surface area contributed by atoms with Gasteiger partial charge in [0.1, 0.15) is 11.8 Å². The van der Waals surface area contributed by atoms with Crippen LogP contribution in [-0.2, 0) is 4.79 Å².